The molecule has 1 atom stereocenters. The number of nitrogens with zero attached hydrogens (tertiary/aromatic N) is 1. The minimum absolute atomic E-state index is 0.00805. The Bertz CT molecular complexity index is 393. The lowest BCUT2D eigenvalue weighted by molar-refractivity contribution is -0.123. The molecule has 1 aromatic rings. The molecule has 0 aliphatic heterocycles. The van der Waals surface area contributed by atoms with Crippen LogP contribution in [0.25, 0.3) is 0 Å². The van der Waals surface area contributed by atoms with Crippen molar-refractivity contribution in [1.82, 2.24) is 4.98 Å². The van der Waals surface area contributed by atoms with E-state index in [4.69, 9.17) is 0 Å². The monoisotopic (exact) mass is 234 g/mol. The Balaban J connectivity index is 2.83. The van der Waals surface area contributed by atoms with Crippen LogP contribution in [0.1, 0.15) is 52.7 Å². The quantitative estimate of drug-likeness (QED) is 0.868. The van der Waals surface area contributed by atoms with Crippen molar-refractivity contribution in [2.24, 2.45) is 5.41 Å². The van der Waals surface area contributed by atoms with E-state index in [9.17, 15) is 4.79 Å². The molecule has 94 valence electrons. The fraction of sp³-hybridized carbons (Fsp3) is 0.571. The van der Waals surface area contributed by atoms with Crippen LogP contribution in [0.4, 0.5) is 5.82 Å². The first-order valence-corrected chi connectivity index (χ1v) is 6.13. The fourth-order valence-corrected chi connectivity index (χ4v) is 1.31. The molecule has 3 heteroatoms. The number of carbonyl (C=O) groups excluding carboxylic acids is 1. The summed E-state index contributed by atoms with van der Waals surface area (Å²) < 4.78 is 0. The van der Waals surface area contributed by atoms with Gasteiger partial charge in [0, 0.05) is 11.1 Å². The van der Waals surface area contributed by atoms with Crippen molar-refractivity contribution in [3.8, 4) is 0 Å². The fourth-order valence-electron chi connectivity index (χ4n) is 1.31. The zero-order valence-electron chi connectivity index (χ0n) is 11.4. The molecule has 1 N–H and O–H groups in total. The van der Waals surface area contributed by atoms with Crippen molar-refractivity contribution < 1.29 is 4.79 Å². The van der Waals surface area contributed by atoms with Gasteiger partial charge in [0.2, 0.25) is 5.91 Å². The van der Waals surface area contributed by atoms with Gasteiger partial charge in [0.05, 0.1) is 0 Å². The second-order valence-corrected chi connectivity index (χ2v) is 5.46. The predicted octanol–water partition coefficient (Wildman–Crippen LogP) is 3.58. The molecule has 0 aliphatic carbocycles. The average molecular weight is 234 g/mol. The Morgan fingerprint density at radius 1 is 1.41 bits per heavy atom. The first-order valence-electron chi connectivity index (χ1n) is 6.13. The Kier molecular flexibility index (Phi) is 4.27. The van der Waals surface area contributed by atoms with Crippen molar-refractivity contribution in [3.05, 3.63) is 23.9 Å². The zero-order valence-corrected chi connectivity index (χ0v) is 11.4. The standard InChI is InChI=1S/C14H22N2O/c1-6-10(2)11-8-7-9-12(15-11)16-13(17)14(3,4)5/h7-10H,6H2,1-5H3,(H,15,16,17). The molecule has 1 amide bonds. The Morgan fingerprint density at radius 2 is 2.06 bits per heavy atom. The molecule has 0 aromatic carbocycles. The van der Waals surface area contributed by atoms with E-state index in [1.165, 1.54) is 0 Å². The van der Waals surface area contributed by atoms with Crippen LogP contribution in [0.3, 0.4) is 0 Å². The molecule has 3 nitrogen and oxygen atoms in total. The molecule has 1 unspecified atom stereocenters. The summed E-state index contributed by atoms with van der Waals surface area (Å²) in [5.74, 6) is 1.05. The van der Waals surface area contributed by atoms with Crippen LogP contribution in [0.2, 0.25) is 0 Å². The maximum atomic E-state index is 11.8. The number of pyridine rings is 1. The highest BCUT2D eigenvalue weighted by Gasteiger charge is 2.21. The van der Waals surface area contributed by atoms with E-state index in [0.717, 1.165) is 12.1 Å². The van der Waals surface area contributed by atoms with E-state index in [1.807, 2.05) is 39.0 Å². The highest BCUT2D eigenvalue weighted by molar-refractivity contribution is 5.93. The van der Waals surface area contributed by atoms with Crippen LogP contribution in [-0.2, 0) is 4.79 Å². The molecule has 0 saturated heterocycles. The second kappa shape index (κ2) is 5.30. The smallest absolute Gasteiger partial charge is 0.230 e. The number of anilines is 1. The minimum Gasteiger partial charge on any atom is -0.310 e. The molecule has 0 radical (unpaired) electrons. The largest absolute Gasteiger partial charge is 0.310 e. The first-order chi connectivity index (χ1) is 7.84. The third-order valence-corrected chi connectivity index (χ3v) is 2.81. The third-order valence-electron chi connectivity index (χ3n) is 2.81. The highest BCUT2D eigenvalue weighted by Crippen LogP contribution is 2.20. The van der Waals surface area contributed by atoms with Gasteiger partial charge in [-0.1, -0.05) is 40.7 Å². The molecule has 17 heavy (non-hydrogen) atoms. The van der Waals surface area contributed by atoms with Crippen molar-refractivity contribution in [2.75, 3.05) is 5.32 Å². The summed E-state index contributed by atoms with van der Waals surface area (Å²) >= 11 is 0. The lowest BCUT2D eigenvalue weighted by atomic mass is 9.96. The topological polar surface area (TPSA) is 42.0 Å². The number of nitrogens with one attached hydrogen (secondary N) is 1. The summed E-state index contributed by atoms with van der Waals surface area (Å²) in [6.45, 7) is 9.94. The SMILES string of the molecule is CCC(C)c1cccc(NC(=O)C(C)(C)C)n1. The number of hydrogen-bond donors (Lipinski definition) is 1. The lowest BCUT2D eigenvalue weighted by Crippen LogP contribution is -2.28. The molecule has 0 saturated carbocycles. The maximum Gasteiger partial charge on any atom is 0.230 e. The number of hydrogen-bond acceptors (Lipinski definition) is 2. The summed E-state index contributed by atoms with van der Waals surface area (Å²) in [5, 5.41) is 2.85. The molecular weight excluding hydrogens is 212 g/mol. The van der Waals surface area contributed by atoms with Gasteiger partial charge in [0.1, 0.15) is 5.82 Å². The van der Waals surface area contributed by atoms with Gasteiger partial charge < -0.3 is 5.32 Å². The van der Waals surface area contributed by atoms with Crippen molar-refractivity contribution in [3.63, 3.8) is 0 Å². The van der Waals surface area contributed by atoms with Gasteiger partial charge in [0.15, 0.2) is 0 Å². The van der Waals surface area contributed by atoms with Gasteiger partial charge in [-0.05, 0) is 24.5 Å². The molecule has 0 fully saturated rings. The van der Waals surface area contributed by atoms with Crippen molar-refractivity contribution in [1.29, 1.82) is 0 Å². The van der Waals surface area contributed by atoms with Crippen LogP contribution in [0, 0.1) is 5.41 Å². The first kappa shape index (κ1) is 13.7. The van der Waals surface area contributed by atoms with E-state index in [0.29, 0.717) is 11.7 Å². The molecule has 1 rings (SSSR count). The Hall–Kier alpha value is -1.38. The highest BCUT2D eigenvalue weighted by atomic mass is 16.2. The summed E-state index contributed by atoms with van der Waals surface area (Å²) in [7, 11) is 0. The number of carbonyl (C=O) groups is 1. The summed E-state index contributed by atoms with van der Waals surface area (Å²) in [6, 6.07) is 5.77. The molecule has 0 spiro atoms. The Labute approximate surface area is 104 Å². The van der Waals surface area contributed by atoms with E-state index in [2.05, 4.69) is 24.1 Å². The van der Waals surface area contributed by atoms with Crippen molar-refractivity contribution >= 4 is 11.7 Å². The molecular formula is C14H22N2O. The van der Waals surface area contributed by atoms with Crippen LogP contribution in [-0.4, -0.2) is 10.9 Å². The van der Waals surface area contributed by atoms with E-state index in [1.54, 1.807) is 0 Å². The van der Waals surface area contributed by atoms with Crippen LogP contribution >= 0.6 is 0 Å². The number of amides is 1. The van der Waals surface area contributed by atoms with E-state index < -0.39 is 5.41 Å². The number of aromatic nitrogens is 1. The van der Waals surface area contributed by atoms with Gasteiger partial charge in [-0.3, -0.25) is 4.79 Å². The van der Waals surface area contributed by atoms with Crippen molar-refractivity contribution in [2.45, 2.75) is 47.0 Å². The zero-order chi connectivity index (χ0) is 13.1. The van der Waals surface area contributed by atoms with Crippen LogP contribution in [0.5, 0.6) is 0 Å². The van der Waals surface area contributed by atoms with Crippen LogP contribution in [0.15, 0.2) is 18.2 Å². The third kappa shape index (κ3) is 3.84. The molecule has 0 bridgehead atoms. The van der Waals surface area contributed by atoms with Gasteiger partial charge in [-0.25, -0.2) is 4.98 Å². The van der Waals surface area contributed by atoms with Gasteiger partial charge in [-0.15, -0.1) is 0 Å². The minimum atomic E-state index is -0.395. The van der Waals surface area contributed by atoms with Crippen LogP contribution < -0.4 is 5.32 Å². The second-order valence-electron chi connectivity index (χ2n) is 5.46. The predicted molar refractivity (Wildman–Crippen MR) is 71.0 cm³/mol. The molecule has 1 aromatic heterocycles. The summed E-state index contributed by atoms with van der Waals surface area (Å²) in [5.41, 5.74) is 0.632. The summed E-state index contributed by atoms with van der Waals surface area (Å²) in [4.78, 5) is 16.3. The lowest BCUT2D eigenvalue weighted by Gasteiger charge is -2.18. The van der Waals surface area contributed by atoms with E-state index in [-0.39, 0.29) is 5.91 Å². The summed E-state index contributed by atoms with van der Waals surface area (Å²) in [6.07, 6.45) is 1.05. The Morgan fingerprint density at radius 3 is 2.59 bits per heavy atom. The average Bonchev–Trinajstić information content (AvgIpc) is 2.27. The molecule has 1 heterocycles. The van der Waals surface area contributed by atoms with Gasteiger partial charge in [0.25, 0.3) is 0 Å². The van der Waals surface area contributed by atoms with Gasteiger partial charge in [-0.2, -0.15) is 0 Å². The maximum absolute atomic E-state index is 11.8. The van der Waals surface area contributed by atoms with E-state index >= 15 is 0 Å². The van der Waals surface area contributed by atoms with Gasteiger partial charge >= 0.3 is 0 Å². The number of rotatable bonds is 3. The molecule has 0 aliphatic rings. The normalized spacial score (nSPS) is 13.2.